The molecular formula is C20H20N2O2S3. The van der Waals surface area contributed by atoms with Crippen molar-refractivity contribution in [2.24, 2.45) is 0 Å². The summed E-state index contributed by atoms with van der Waals surface area (Å²) in [6.07, 6.45) is 2.81. The third-order valence-corrected chi connectivity index (χ3v) is 7.12. The first-order valence-electron chi connectivity index (χ1n) is 8.68. The van der Waals surface area contributed by atoms with Gasteiger partial charge in [0.15, 0.2) is 10.9 Å². The molecule has 0 saturated carbocycles. The molecule has 1 aliphatic rings. The maximum Gasteiger partial charge on any atom is 0.189 e. The van der Waals surface area contributed by atoms with Gasteiger partial charge in [-0.15, -0.1) is 11.3 Å². The molecule has 27 heavy (non-hydrogen) atoms. The van der Waals surface area contributed by atoms with Crippen molar-refractivity contribution in [3.05, 3.63) is 46.3 Å². The molecular weight excluding hydrogens is 396 g/mol. The van der Waals surface area contributed by atoms with E-state index in [0.29, 0.717) is 12.4 Å². The molecule has 0 saturated heterocycles. The van der Waals surface area contributed by atoms with E-state index in [1.807, 2.05) is 36.6 Å². The molecule has 4 nitrogen and oxygen atoms in total. The van der Waals surface area contributed by atoms with E-state index in [4.69, 9.17) is 14.7 Å². The standard InChI is InChI=1S/C20H20N2O2S3/c1-20(2)9-13-15(10-24-20)27-18-16(13)17(21-19(22-18)25-3)26-11-14(23)12-7-5-4-6-8-12/h4-8H,9-11H2,1-3H3. The summed E-state index contributed by atoms with van der Waals surface area (Å²) in [6.45, 7) is 4.84. The predicted octanol–water partition coefficient (Wildman–Crippen LogP) is 5.24. The second-order valence-corrected chi connectivity index (χ2v) is 9.82. The zero-order chi connectivity index (χ0) is 19.0. The Balaban J connectivity index is 1.70. The maximum absolute atomic E-state index is 12.6. The highest BCUT2D eigenvalue weighted by Gasteiger charge is 2.31. The number of thioether (sulfide) groups is 2. The molecule has 0 atom stereocenters. The van der Waals surface area contributed by atoms with Gasteiger partial charge >= 0.3 is 0 Å². The van der Waals surface area contributed by atoms with Gasteiger partial charge in [-0.05, 0) is 25.7 Å². The van der Waals surface area contributed by atoms with Crippen LogP contribution in [0.1, 0.15) is 34.6 Å². The Hall–Kier alpha value is -1.41. The van der Waals surface area contributed by atoms with Gasteiger partial charge in [0.25, 0.3) is 0 Å². The maximum atomic E-state index is 12.6. The van der Waals surface area contributed by atoms with Crippen LogP contribution in [0.25, 0.3) is 10.2 Å². The number of fused-ring (bicyclic) bond motifs is 3. The number of carbonyl (C=O) groups is 1. The first-order chi connectivity index (χ1) is 13.0. The van der Waals surface area contributed by atoms with E-state index >= 15 is 0 Å². The smallest absolute Gasteiger partial charge is 0.189 e. The third kappa shape index (κ3) is 3.92. The second-order valence-electron chi connectivity index (χ2n) is 7.00. The quantitative estimate of drug-likeness (QED) is 0.245. The van der Waals surface area contributed by atoms with Crippen molar-refractivity contribution in [3.8, 4) is 0 Å². The van der Waals surface area contributed by atoms with Crippen LogP contribution in [0.3, 0.4) is 0 Å². The van der Waals surface area contributed by atoms with Crippen molar-refractivity contribution < 1.29 is 9.53 Å². The molecule has 140 valence electrons. The van der Waals surface area contributed by atoms with Crippen LogP contribution in [-0.2, 0) is 17.8 Å². The average Bonchev–Trinajstić information content (AvgIpc) is 3.03. The number of hydrogen-bond acceptors (Lipinski definition) is 7. The number of aromatic nitrogens is 2. The number of thiophene rings is 1. The highest BCUT2D eigenvalue weighted by Crippen LogP contribution is 2.42. The Morgan fingerprint density at radius 2 is 2.04 bits per heavy atom. The first-order valence-corrected chi connectivity index (χ1v) is 11.7. The molecule has 0 N–H and O–H groups in total. The van der Waals surface area contributed by atoms with E-state index in [1.54, 1.807) is 11.3 Å². The summed E-state index contributed by atoms with van der Waals surface area (Å²) in [5, 5.41) is 2.76. The fourth-order valence-corrected chi connectivity index (χ4v) is 5.73. The van der Waals surface area contributed by atoms with Gasteiger partial charge in [-0.2, -0.15) is 0 Å². The highest BCUT2D eigenvalue weighted by molar-refractivity contribution is 8.00. The SMILES string of the molecule is CSc1nc(SCC(=O)c2ccccc2)c2c3c(sc2n1)COC(C)(C)C3. The van der Waals surface area contributed by atoms with Gasteiger partial charge in [0.05, 0.1) is 18.0 Å². The lowest BCUT2D eigenvalue weighted by Gasteiger charge is -2.30. The molecule has 7 heteroatoms. The minimum Gasteiger partial charge on any atom is -0.370 e. The molecule has 4 rings (SSSR count). The Morgan fingerprint density at radius 3 is 2.78 bits per heavy atom. The lowest BCUT2D eigenvalue weighted by atomic mass is 9.95. The molecule has 0 spiro atoms. The van der Waals surface area contributed by atoms with Crippen LogP contribution in [0.4, 0.5) is 0 Å². The lowest BCUT2D eigenvalue weighted by Crippen LogP contribution is -2.31. The summed E-state index contributed by atoms with van der Waals surface area (Å²) in [4.78, 5) is 24.2. The molecule has 2 aromatic heterocycles. The Labute approximate surface area is 171 Å². The van der Waals surface area contributed by atoms with E-state index in [-0.39, 0.29) is 11.4 Å². The summed E-state index contributed by atoms with van der Waals surface area (Å²) < 4.78 is 5.97. The summed E-state index contributed by atoms with van der Waals surface area (Å²) in [5.41, 5.74) is 1.83. The van der Waals surface area contributed by atoms with Gasteiger partial charge in [-0.3, -0.25) is 4.79 Å². The fourth-order valence-electron chi connectivity index (χ4n) is 3.13. The molecule has 0 fully saturated rings. The normalized spacial score (nSPS) is 15.7. The van der Waals surface area contributed by atoms with Crippen LogP contribution in [0.15, 0.2) is 40.5 Å². The van der Waals surface area contributed by atoms with E-state index in [9.17, 15) is 4.79 Å². The molecule has 0 bridgehead atoms. The summed E-state index contributed by atoms with van der Waals surface area (Å²) in [6, 6.07) is 9.42. The number of benzene rings is 1. The molecule has 3 aromatic rings. The Bertz CT molecular complexity index is 999. The van der Waals surface area contributed by atoms with Crippen molar-refractivity contribution in [2.45, 2.75) is 42.7 Å². The van der Waals surface area contributed by atoms with Crippen LogP contribution < -0.4 is 0 Å². The monoisotopic (exact) mass is 416 g/mol. The van der Waals surface area contributed by atoms with Crippen LogP contribution >= 0.6 is 34.9 Å². The van der Waals surface area contributed by atoms with Gasteiger partial charge < -0.3 is 4.74 Å². The minimum atomic E-state index is -0.193. The molecule has 1 aliphatic heterocycles. The Kier molecular flexibility index (Phi) is 5.29. The topological polar surface area (TPSA) is 52.1 Å². The van der Waals surface area contributed by atoms with Crippen molar-refractivity contribution in [2.75, 3.05) is 12.0 Å². The third-order valence-electron chi connectivity index (χ3n) is 4.50. The van der Waals surface area contributed by atoms with Crippen LogP contribution in [0.2, 0.25) is 0 Å². The van der Waals surface area contributed by atoms with E-state index in [0.717, 1.165) is 32.4 Å². The fraction of sp³-hybridized carbons (Fsp3) is 0.350. The number of carbonyl (C=O) groups excluding carboxylic acids is 1. The van der Waals surface area contributed by atoms with Crippen LogP contribution in [0.5, 0.6) is 0 Å². The average molecular weight is 417 g/mol. The number of rotatable bonds is 5. The van der Waals surface area contributed by atoms with E-state index in [1.165, 1.54) is 34.0 Å². The molecule has 0 unspecified atom stereocenters. The Morgan fingerprint density at radius 1 is 1.26 bits per heavy atom. The predicted molar refractivity (Wildman–Crippen MR) is 113 cm³/mol. The van der Waals surface area contributed by atoms with Crippen LogP contribution in [0, 0.1) is 0 Å². The van der Waals surface area contributed by atoms with Gasteiger partial charge in [0.2, 0.25) is 0 Å². The largest absolute Gasteiger partial charge is 0.370 e. The van der Waals surface area contributed by atoms with Gasteiger partial charge in [0, 0.05) is 22.2 Å². The summed E-state index contributed by atoms with van der Waals surface area (Å²) in [7, 11) is 0. The number of nitrogens with zero attached hydrogens (tertiary/aromatic N) is 2. The first kappa shape index (κ1) is 18.9. The number of ether oxygens (including phenoxy) is 1. The number of ketones is 1. The molecule has 0 amide bonds. The second kappa shape index (κ2) is 7.54. The summed E-state index contributed by atoms with van der Waals surface area (Å²) in [5.74, 6) is 0.486. The van der Waals surface area contributed by atoms with E-state index < -0.39 is 0 Å². The van der Waals surface area contributed by atoms with Crippen molar-refractivity contribution in [1.82, 2.24) is 9.97 Å². The van der Waals surface area contributed by atoms with Gasteiger partial charge in [-0.1, -0.05) is 53.9 Å². The van der Waals surface area contributed by atoms with Crippen molar-refractivity contribution in [3.63, 3.8) is 0 Å². The van der Waals surface area contributed by atoms with Crippen molar-refractivity contribution >= 4 is 50.9 Å². The number of Topliss-reactive ketones (excluding diaryl/α,β-unsaturated/α-hetero) is 1. The zero-order valence-electron chi connectivity index (χ0n) is 15.4. The van der Waals surface area contributed by atoms with Crippen LogP contribution in [-0.4, -0.2) is 33.4 Å². The van der Waals surface area contributed by atoms with Gasteiger partial charge in [-0.25, -0.2) is 9.97 Å². The van der Waals surface area contributed by atoms with Gasteiger partial charge in [0.1, 0.15) is 9.86 Å². The van der Waals surface area contributed by atoms with Crippen molar-refractivity contribution in [1.29, 1.82) is 0 Å². The molecule has 3 heterocycles. The molecule has 0 radical (unpaired) electrons. The number of hydrogen-bond donors (Lipinski definition) is 0. The highest BCUT2D eigenvalue weighted by atomic mass is 32.2. The molecule has 0 aliphatic carbocycles. The lowest BCUT2D eigenvalue weighted by molar-refractivity contribution is -0.0379. The van der Waals surface area contributed by atoms with E-state index in [2.05, 4.69) is 13.8 Å². The molecule has 1 aromatic carbocycles. The summed E-state index contributed by atoms with van der Waals surface area (Å²) >= 11 is 4.73. The zero-order valence-corrected chi connectivity index (χ0v) is 17.9. The minimum absolute atomic E-state index is 0.117.